The molecule has 1 amide bonds. The summed E-state index contributed by atoms with van der Waals surface area (Å²) in [6.45, 7) is 4.56. The first-order valence-electron chi connectivity index (χ1n) is 9.11. The number of methoxy groups -OCH3 is 1. The van der Waals surface area contributed by atoms with Crippen molar-refractivity contribution in [3.8, 4) is 5.75 Å². The first kappa shape index (κ1) is 18.1. The van der Waals surface area contributed by atoms with Crippen molar-refractivity contribution in [2.45, 2.75) is 26.2 Å². The molecule has 1 heterocycles. The number of carbonyl (C=O) groups is 1. The number of amides is 1. The van der Waals surface area contributed by atoms with Crippen LogP contribution in [0.4, 0.5) is 0 Å². The number of para-hydroxylation sites is 1. The lowest BCUT2D eigenvalue weighted by Crippen LogP contribution is -2.32. The summed E-state index contributed by atoms with van der Waals surface area (Å²) in [5.41, 5.74) is 3.45. The summed E-state index contributed by atoms with van der Waals surface area (Å²) in [7, 11) is 1.67. The van der Waals surface area contributed by atoms with Gasteiger partial charge in [-0.3, -0.25) is 4.79 Å². The van der Waals surface area contributed by atoms with Gasteiger partial charge in [-0.15, -0.1) is 0 Å². The second kappa shape index (κ2) is 8.09. The Morgan fingerprint density at radius 1 is 1.15 bits per heavy atom. The van der Waals surface area contributed by atoms with Crippen molar-refractivity contribution in [1.82, 2.24) is 10.3 Å². The van der Waals surface area contributed by atoms with Crippen LogP contribution in [-0.4, -0.2) is 24.5 Å². The van der Waals surface area contributed by atoms with Gasteiger partial charge in [-0.25, -0.2) is 0 Å². The van der Waals surface area contributed by atoms with Gasteiger partial charge >= 0.3 is 0 Å². The van der Waals surface area contributed by atoms with E-state index in [2.05, 4.69) is 40.8 Å². The van der Waals surface area contributed by atoms with E-state index in [0.29, 0.717) is 6.54 Å². The SMILES string of the molecule is CCC(C)C(=O)NCC(c1ccc(OC)cc1)c1c[nH]c2ccccc12. The molecule has 0 bridgehead atoms. The van der Waals surface area contributed by atoms with Gasteiger partial charge in [0.05, 0.1) is 7.11 Å². The first-order valence-corrected chi connectivity index (χ1v) is 9.11. The lowest BCUT2D eigenvalue weighted by molar-refractivity contribution is -0.124. The smallest absolute Gasteiger partial charge is 0.222 e. The van der Waals surface area contributed by atoms with Crippen LogP contribution in [-0.2, 0) is 4.79 Å². The summed E-state index contributed by atoms with van der Waals surface area (Å²) >= 11 is 0. The minimum Gasteiger partial charge on any atom is -0.497 e. The van der Waals surface area contributed by atoms with Crippen LogP contribution in [0.25, 0.3) is 10.9 Å². The highest BCUT2D eigenvalue weighted by molar-refractivity contribution is 5.84. The van der Waals surface area contributed by atoms with E-state index in [1.54, 1.807) is 7.11 Å². The van der Waals surface area contributed by atoms with Crippen LogP contribution >= 0.6 is 0 Å². The first-order chi connectivity index (χ1) is 12.6. The molecule has 0 saturated heterocycles. The highest BCUT2D eigenvalue weighted by Gasteiger charge is 2.20. The minimum absolute atomic E-state index is 0.0227. The Morgan fingerprint density at radius 2 is 1.88 bits per heavy atom. The van der Waals surface area contributed by atoms with E-state index in [9.17, 15) is 4.79 Å². The van der Waals surface area contributed by atoms with Gasteiger partial charge in [-0.05, 0) is 35.7 Å². The van der Waals surface area contributed by atoms with Crippen molar-refractivity contribution in [2.75, 3.05) is 13.7 Å². The molecule has 0 aliphatic carbocycles. The molecule has 2 unspecified atom stereocenters. The molecule has 3 aromatic rings. The molecule has 136 valence electrons. The zero-order valence-electron chi connectivity index (χ0n) is 15.6. The van der Waals surface area contributed by atoms with Crippen LogP contribution < -0.4 is 10.1 Å². The van der Waals surface area contributed by atoms with Crippen LogP contribution in [0.2, 0.25) is 0 Å². The number of hydrogen-bond donors (Lipinski definition) is 2. The predicted octanol–water partition coefficient (Wildman–Crippen LogP) is 4.47. The lowest BCUT2D eigenvalue weighted by atomic mass is 9.90. The van der Waals surface area contributed by atoms with Gasteiger partial charge in [0.1, 0.15) is 5.75 Å². The summed E-state index contributed by atoms with van der Waals surface area (Å²) in [6.07, 6.45) is 2.89. The van der Waals surface area contributed by atoms with Crippen molar-refractivity contribution < 1.29 is 9.53 Å². The summed E-state index contributed by atoms with van der Waals surface area (Å²) in [4.78, 5) is 15.6. The molecule has 0 radical (unpaired) electrons. The molecule has 0 saturated carbocycles. The number of ether oxygens (including phenoxy) is 1. The van der Waals surface area contributed by atoms with Crippen molar-refractivity contribution in [3.05, 3.63) is 65.9 Å². The van der Waals surface area contributed by atoms with Crippen LogP contribution in [0.15, 0.2) is 54.7 Å². The molecule has 26 heavy (non-hydrogen) atoms. The second-order valence-electron chi connectivity index (χ2n) is 6.67. The zero-order chi connectivity index (χ0) is 18.5. The van der Waals surface area contributed by atoms with Crippen LogP contribution in [0, 0.1) is 5.92 Å². The summed E-state index contributed by atoms with van der Waals surface area (Å²) in [6, 6.07) is 16.3. The Hall–Kier alpha value is -2.75. The molecule has 4 heteroatoms. The number of hydrogen-bond acceptors (Lipinski definition) is 2. The summed E-state index contributed by atoms with van der Waals surface area (Å²) in [5, 5.41) is 4.32. The van der Waals surface area contributed by atoms with E-state index in [4.69, 9.17) is 4.74 Å². The van der Waals surface area contributed by atoms with Gasteiger partial charge in [0.15, 0.2) is 0 Å². The minimum atomic E-state index is 0.0227. The van der Waals surface area contributed by atoms with Gasteiger partial charge in [-0.2, -0.15) is 0 Å². The van der Waals surface area contributed by atoms with Gasteiger partial charge in [-0.1, -0.05) is 44.2 Å². The Kier molecular flexibility index (Phi) is 5.61. The lowest BCUT2D eigenvalue weighted by Gasteiger charge is -2.20. The van der Waals surface area contributed by atoms with Crippen molar-refractivity contribution in [1.29, 1.82) is 0 Å². The molecule has 0 aliphatic rings. The monoisotopic (exact) mass is 350 g/mol. The summed E-state index contributed by atoms with van der Waals surface area (Å²) in [5.74, 6) is 1.03. The normalized spacial score (nSPS) is 13.3. The van der Waals surface area contributed by atoms with E-state index >= 15 is 0 Å². The fourth-order valence-corrected chi connectivity index (χ4v) is 3.19. The van der Waals surface area contributed by atoms with E-state index in [1.165, 1.54) is 10.9 Å². The van der Waals surface area contributed by atoms with E-state index in [-0.39, 0.29) is 17.7 Å². The fourth-order valence-electron chi connectivity index (χ4n) is 3.19. The number of aromatic amines is 1. The number of aromatic nitrogens is 1. The largest absolute Gasteiger partial charge is 0.497 e. The fraction of sp³-hybridized carbons (Fsp3) is 0.318. The molecule has 0 spiro atoms. The Bertz CT molecular complexity index is 867. The van der Waals surface area contributed by atoms with Crippen molar-refractivity contribution in [2.24, 2.45) is 5.92 Å². The average molecular weight is 350 g/mol. The molecule has 3 rings (SSSR count). The van der Waals surface area contributed by atoms with Gasteiger partial charge in [0.25, 0.3) is 0 Å². The number of fused-ring (bicyclic) bond motifs is 1. The molecule has 2 aromatic carbocycles. The molecule has 0 fully saturated rings. The quantitative estimate of drug-likeness (QED) is 0.660. The third-order valence-corrected chi connectivity index (χ3v) is 5.06. The van der Waals surface area contributed by atoms with Gasteiger partial charge in [0, 0.05) is 35.5 Å². The zero-order valence-corrected chi connectivity index (χ0v) is 15.6. The molecule has 0 aliphatic heterocycles. The highest BCUT2D eigenvalue weighted by Crippen LogP contribution is 2.31. The van der Waals surface area contributed by atoms with Crippen LogP contribution in [0.3, 0.4) is 0 Å². The van der Waals surface area contributed by atoms with E-state index in [1.807, 2.05) is 38.1 Å². The second-order valence-corrected chi connectivity index (χ2v) is 6.67. The van der Waals surface area contributed by atoms with Crippen LogP contribution in [0.1, 0.15) is 37.3 Å². The number of nitrogens with one attached hydrogen (secondary N) is 2. The average Bonchev–Trinajstić information content (AvgIpc) is 3.12. The van der Waals surface area contributed by atoms with E-state index in [0.717, 1.165) is 23.3 Å². The Morgan fingerprint density at radius 3 is 2.58 bits per heavy atom. The van der Waals surface area contributed by atoms with Gasteiger partial charge in [0.2, 0.25) is 5.91 Å². The highest BCUT2D eigenvalue weighted by atomic mass is 16.5. The van der Waals surface area contributed by atoms with Gasteiger partial charge < -0.3 is 15.0 Å². The predicted molar refractivity (Wildman–Crippen MR) is 106 cm³/mol. The number of H-pyrrole nitrogens is 1. The molecule has 1 aromatic heterocycles. The molecular formula is C22H26N2O2. The Balaban J connectivity index is 1.94. The third-order valence-electron chi connectivity index (χ3n) is 5.06. The number of carbonyl (C=O) groups excluding carboxylic acids is 1. The van der Waals surface area contributed by atoms with Crippen LogP contribution in [0.5, 0.6) is 5.75 Å². The molecule has 2 atom stereocenters. The maximum Gasteiger partial charge on any atom is 0.222 e. The number of rotatable bonds is 7. The molecule has 2 N–H and O–H groups in total. The third kappa shape index (κ3) is 3.74. The van der Waals surface area contributed by atoms with Crippen molar-refractivity contribution in [3.63, 3.8) is 0 Å². The molecular weight excluding hydrogens is 324 g/mol. The maximum atomic E-state index is 12.3. The topological polar surface area (TPSA) is 54.1 Å². The number of benzene rings is 2. The van der Waals surface area contributed by atoms with Crippen molar-refractivity contribution >= 4 is 16.8 Å². The summed E-state index contributed by atoms with van der Waals surface area (Å²) < 4.78 is 5.28. The maximum absolute atomic E-state index is 12.3. The molecule has 4 nitrogen and oxygen atoms in total. The Labute approximate surface area is 154 Å². The standard InChI is InChI=1S/C22H26N2O2/c1-4-15(2)22(25)24-13-19(16-9-11-17(26-3)12-10-16)20-14-23-21-8-6-5-7-18(20)21/h5-12,14-15,19,23H,4,13H2,1-3H3,(H,24,25). The van der Waals surface area contributed by atoms with E-state index < -0.39 is 0 Å².